The molecule has 4 fully saturated rings. The van der Waals surface area contributed by atoms with Crippen LogP contribution in [0.1, 0.15) is 81.9 Å². The van der Waals surface area contributed by atoms with Gasteiger partial charge in [0.15, 0.2) is 0 Å². The van der Waals surface area contributed by atoms with Crippen molar-refractivity contribution in [3.8, 4) is 0 Å². The lowest BCUT2D eigenvalue weighted by Gasteiger charge is -2.37. The summed E-state index contributed by atoms with van der Waals surface area (Å²) < 4.78 is 10.9. The van der Waals surface area contributed by atoms with E-state index in [1.54, 1.807) is 6.33 Å². The second kappa shape index (κ2) is 32.1. The van der Waals surface area contributed by atoms with Crippen LogP contribution in [0, 0.1) is 11.3 Å². The molecule has 2 aliphatic carbocycles. The van der Waals surface area contributed by atoms with Crippen LogP contribution >= 0.6 is 23.4 Å². The first-order valence-corrected chi connectivity index (χ1v) is 25.9. The number of hydrogen-bond acceptors (Lipinski definition) is 19. The Morgan fingerprint density at radius 1 is 0.710 bits per heavy atom. The Morgan fingerprint density at radius 2 is 1.30 bits per heavy atom. The predicted molar refractivity (Wildman–Crippen MR) is 251 cm³/mol. The van der Waals surface area contributed by atoms with Gasteiger partial charge in [-0.25, -0.2) is 63.6 Å². The molecule has 4 N–H and O–H groups in total. The van der Waals surface area contributed by atoms with E-state index in [0.717, 1.165) is 73.1 Å². The summed E-state index contributed by atoms with van der Waals surface area (Å²) in [5.74, 6) is 2.55. The maximum atomic E-state index is 12.3. The summed E-state index contributed by atoms with van der Waals surface area (Å²) in [6.45, 7) is 5.96. The van der Waals surface area contributed by atoms with Gasteiger partial charge in [0, 0.05) is 61.5 Å². The highest BCUT2D eigenvalue weighted by atomic mass is 35.5. The zero-order valence-electron chi connectivity index (χ0n) is 39.6. The van der Waals surface area contributed by atoms with Crippen LogP contribution in [0.25, 0.3) is 5.03 Å². The molecule has 0 bridgehead atoms. The van der Waals surface area contributed by atoms with Gasteiger partial charge in [-0.2, -0.15) is 11.8 Å². The van der Waals surface area contributed by atoms with Crippen molar-refractivity contribution in [2.75, 3.05) is 129 Å². The average molecular weight is 1020 g/mol. The lowest BCUT2D eigenvalue weighted by atomic mass is 9.69. The van der Waals surface area contributed by atoms with Crippen LogP contribution in [-0.2, 0) is 74.4 Å². The van der Waals surface area contributed by atoms with E-state index < -0.39 is 0 Å². The van der Waals surface area contributed by atoms with Gasteiger partial charge in [0.1, 0.15) is 78.2 Å². The summed E-state index contributed by atoms with van der Waals surface area (Å²) in [5, 5.41) is 13.0. The molecular weight excluding hydrogens is 946 g/mol. The first-order valence-electron chi connectivity index (χ1n) is 24.4. The number of rotatable bonds is 38. The zero-order valence-corrected chi connectivity index (χ0v) is 41.2. The van der Waals surface area contributed by atoms with E-state index in [-0.39, 0.29) is 96.0 Å². The molecule has 3 saturated heterocycles. The number of nitrogens with zero attached hydrogens (tertiary/aromatic N) is 3. The molecule has 22 nitrogen and oxygen atoms in total. The van der Waals surface area contributed by atoms with Gasteiger partial charge in [-0.3, -0.25) is 9.59 Å². The van der Waals surface area contributed by atoms with Crippen LogP contribution in [0.4, 0.5) is 10.6 Å². The Morgan fingerprint density at radius 3 is 1.96 bits per heavy atom. The SMILES string of the molecule is O=C(CCCCC1SCC2NC(=O)NC21)NCCOCCOOCCOOCCOOCCOOCCOOCCOCCC(=O)NCCC1CCC2(CC1)CCN(c1ncnc3c1C(Cl)=CC3)C2. The van der Waals surface area contributed by atoms with Crippen LogP contribution in [0.2, 0.25) is 0 Å². The number of carbonyl (C=O) groups excluding carboxylic acids is 3. The number of carbonyl (C=O) groups is 3. The lowest BCUT2D eigenvalue weighted by molar-refractivity contribution is -0.372. The Kier molecular flexibility index (Phi) is 25.8. The number of unbranched alkanes of at least 4 members (excludes halogenated alkanes) is 1. The number of amides is 4. The number of halogens is 1. The van der Waals surface area contributed by atoms with Crippen molar-refractivity contribution in [1.29, 1.82) is 0 Å². The predicted octanol–water partition coefficient (Wildman–Crippen LogP) is 3.51. The number of thioether (sulfide) groups is 1. The molecule has 3 aliphatic heterocycles. The van der Waals surface area contributed by atoms with Crippen LogP contribution in [0.5, 0.6) is 0 Å². The van der Waals surface area contributed by atoms with Crippen LogP contribution in [-0.4, -0.2) is 170 Å². The van der Waals surface area contributed by atoms with E-state index in [1.807, 2.05) is 17.8 Å². The number of aromatic nitrogens is 2. The lowest BCUT2D eigenvalue weighted by Crippen LogP contribution is -2.36. The molecule has 0 radical (unpaired) electrons. The van der Waals surface area contributed by atoms with E-state index in [9.17, 15) is 14.4 Å². The van der Waals surface area contributed by atoms with Gasteiger partial charge < -0.3 is 35.6 Å². The third-order valence-electron chi connectivity index (χ3n) is 12.6. The molecule has 4 heterocycles. The fraction of sp³-hybridized carbons (Fsp3) is 0.800. The molecule has 4 amide bonds. The van der Waals surface area contributed by atoms with Gasteiger partial charge in [-0.1, -0.05) is 24.1 Å². The molecule has 24 heteroatoms. The number of ether oxygens (including phenoxy) is 2. The Bertz CT molecular complexity index is 1700. The minimum atomic E-state index is -0.0755. The molecule has 1 spiro atoms. The first-order chi connectivity index (χ1) is 33.9. The molecule has 5 aliphatic rings. The van der Waals surface area contributed by atoms with Crippen molar-refractivity contribution in [2.45, 2.75) is 94.4 Å². The summed E-state index contributed by atoms with van der Waals surface area (Å²) in [5.41, 5.74) is 2.37. The molecule has 3 unspecified atom stereocenters. The quantitative estimate of drug-likeness (QED) is 0.0321. The monoisotopic (exact) mass is 1020 g/mol. The second-order valence-electron chi connectivity index (χ2n) is 17.4. The molecular formula is C45H72ClN7O15S. The van der Waals surface area contributed by atoms with E-state index in [2.05, 4.69) is 36.1 Å². The third kappa shape index (κ3) is 20.2. The molecule has 1 saturated carbocycles. The number of nitrogens with one attached hydrogen (secondary N) is 4. The molecule has 1 aromatic rings. The molecule has 1 aromatic heterocycles. The molecule has 6 rings (SSSR count). The molecule has 0 aromatic carbocycles. The normalized spacial score (nSPS) is 22.7. The van der Waals surface area contributed by atoms with E-state index in [0.29, 0.717) is 68.9 Å². The number of anilines is 1. The van der Waals surface area contributed by atoms with Gasteiger partial charge in [-0.15, -0.1) is 0 Å². The third-order valence-corrected chi connectivity index (χ3v) is 14.4. The van der Waals surface area contributed by atoms with Crippen molar-refractivity contribution in [3.63, 3.8) is 0 Å². The minimum Gasteiger partial charge on any atom is -0.378 e. The van der Waals surface area contributed by atoms with E-state index in [1.165, 1.54) is 32.1 Å². The zero-order chi connectivity index (χ0) is 48.2. The number of urea groups is 1. The Labute approximate surface area is 413 Å². The number of hydrogen-bond donors (Lipinski definition) is 4. The topological polar surface area (TPSA) is 239 Å². The summed E-state index contributed by atoms with van der Waals surface area (Å²) >= 11 is 8.39. The highest BCUT2D eigenvalue weighted by Gasteiger charge is 2.43. The highest BCUT2D eigenvalue weighted by Crippen LogP contribution is 2.48. The highest BCUT2D eigenvalue weighted by molar-refractivity contribution is 8.00. The first kappa shape index (κ1) is 55.3. The van der Waals surface area contributed by atoms with Gasteiger partial charge in [0.25, 0.3) is 0 Å². The van der Waals surface area contributed by atoms with Gasteiger partial charge >= 0.3 is 6.03 Å². The summed E-state index contributed by atoms with van der Waals surface area (Å²) in [7, 11) is 0. The second-order valence-corrected chi connectivity index (χ2v) is 19.1. The van der Waals surface area contributed by atoms with Crippen molar-refractivity contribution >= 4 is 52.1 Å². The van der Waals surface area contributed by atoms with Crippen molar-refractivity contribution in [3.05, 3.63) is 23.7 Å². The summed E-state index contributed by atoms with van der Waals surface area (Å²) in [4.78, 5) is 97.2. The molecule has 69 heavy (non-hydrogen) atoms. The molecule has 3 atom stereocenters. The Balaban J connectivity index is 0.591. The summed E-state index contributed by atoms with van der Waals surface area (Å²) in [6, 6.07) is 0.353. The fourth-order valence-corrected chi connectivity index (χ4v) is 10.8. The molecule has 390 valence electrons. The van der Waals surface area contributed by atoms with Crippen molar-refractivity contribution in [2.24, 2.45) is 11.3 Å². The summed E-state index contributed by atoms with van der Waals surface area (Å²) in [6.07, 6.45) is 14.9. The maximum Gasteiger partial charge on any atom is 0.315 e. The average Bonchev–Trinajstić information content (AvgIpc) is 4.14. The van der Waals surface area contributed by atoms with Crippen molar-refractivity contribution < 1.29 is 72.7 Å². The number of allylic oxidation sites excluding steroid dienone is 1. The standard InChI is InChI=1S/C45H72ClN7O15S/c46-35-5-6-36-41(35)43(50-33-49-36)53-16-13-45(32-53)11-7-34(8-12-45)9-14-47-40(55)10-17-57-19-21-59-61-23-25-63-65-27-29-67-68-30-28-66-64-26-24-62-60-22-20-58-18-15-48-39(54)4-2-1-3-38-42-37(31-69-38)51-44(56)52-42/h5,33-34,37-38,42H,1-4,6-32H2,(H,47,55)(H,48,54)(H2,51,52,56). The van der Waals surface area contributed by atoms with Crippen molar-refractivity contribution in [1.82, 2.24) is 31.2 Å². The maximum absolute atomic E-state index is 12.3. The largest absolute Gasteiger partial charge is 0.378 e. The Hall–Kier alpha value is -3.01. The van der Waals surface area contributed by atoms with Crippen LogP contribution < -0.4 is 26.2 Å². The number of fused-ring (bicyclic) bond motifs is 2. The van der Waals surface area contributed by atoms with E-state index >= 15 is 0 Å². The van der Waals surface area contributed by atoms with Gasteiger partial charge in [-0.05, 0) is 62.7 Å². The van der Waals surface area contributed by atoms with Gasteiger partial charge in [0.2, 0.25) is 11.8 Å². The smallest absolute Gasteiger partial charge is 0.315 e. The fourth-order valence-electron chi connectivity index (χ4n) is 8.99. The van der Waals surface area contributed by atoms with Crippen LogP contribution in [0.3, 0.4) is 0 Å². The minimum absolute atomic E-state index is 0.00378. The van der Waals surface area contributed by atoms with E-state index in [4.69, 9.17) is 70.0 Å². The van der Waals surface area contributed by atoms with Crippen LogP contribution in [0.15, 0.2) is 12.4 Å². The van der Waals surface area contributed by atoms with Gasteiger partial charge in [0.05, 0.1) is 49.8 Å².